The number of benzene rings is 2. The minimum atomic E-state index is -0.812. The predicted molar refractivity (Wildman–Crippen MR) is 154 cm³/mol. The van der Waals surface area contributed by atoms with Crippen LogP contribution in [0.3, 0.4) is 0 Å². The van der Waals surface area contributed by atoms with Crippen molar-refractivity contribution in [1.82, 2.24) is 19.5 Å². The maximum Gasteiger partial charge on any atom is 0.338 e. The summed E-state index contributed by atoms with van der Waals surface area (Å²) in [5, 5.41) is 0. The van der Waals surface area contributed by atoms with E-state index < -0.39 is 29.2 Å². The van der Waals surface area contributed by atoms with Crippen LogP contribution in [0.5, 0.6) is 5.88 Å². The first-order chi connectivity index (χ1) is 21.2. The third-order valence-corrected chi connectivity index (χ3v) is 7.69. The van der Waals surface area contributed by atoms with Gasteiger partial charge in [-0.2, -0.15) is 0 Å². The fraction of sp³-hybridized carbons (Fsp3) is 0.226. The lowest BCUT2D eigenvalue weighted by molar-refractivity contribution is -0.0589. The highest BCUT2D eigenvalue weighted by Gasteiger charge is 2.25. The number of halogens is 5. The Morgan fingerprint density at radius 3 is 2.55 bits per heavy atom. The third-order valence-electron chi connectivity index (χ3n) is 7.23. The standard InChI is InChI=1S/C31H23BrF4N4O4/c1-42-31(41)18-9-24(36)29-26(10-18)40(14-19-6-7-43-19)28(39-29)11-17-8-23(35)20(12-22(17)34)25-4-3-21(33)30(38-25)44-15-16-2-5-27(32)37-13-16/h2-5,8-10,12-13,19H,6-7,11,14-15H2,1H3/t19-/m0/s1. The van der Waals surface area contributed by atoms with Crippen LogP contribution in [0.2, 0.25) is 0 Å². The quantitative estimate of drug-likeness (QED) is 0.0997. The Bertz CT molecular complexity index is 1880. The van der Waals surface area contributed by atoms with Crippen LogP contribution in [0.1, 0.15) is 33.7 Å². The second-order valence-corrected chi connectivity index (χ2v) is 10.9. The molecule has 1 aliphatic heterocycles. The maximum absolute atomic E-state index is 15.5. The lowest BCUT2D eigenvalue weighted by Crippen LogP contribution is -2.31. The molecular formula is C31H23BrF4N4O4. The molecule has 0 N–H and O–H groups in total. The van der Waals surface area contributed by atoms with E-state index in [1.807, 2.05) is 0 Å². The summed E-state index contributed by atoms with van der Waals surface area (Å²) in [5.74, 6) is -3.96. The van der Waals surface area contributed by atoms with Crippen molar-refractivity contribution < 1.29 is 36.6 Å². The second-order valence-electron chi connectivity index (χ2n) is 10.1. The van der Waals surface area contributed by atoms with Gasteiger partial charge in [-0.15, -0.1) is 0 Å². The highest BCUT2D eigenvalue weighted by Crippen LogP contribution is 2.30. The Kier molecular flexibility index (Phi) is 8.32. The van der Waals surface area contributed by atoms with Crippen molar-refractivity contribution in [2.24, 2.45) is 0 Å². The fourth-order valence-corrected chi connectivity index (χ4v) is 5.08. The highest BCUT2D eigenvalue weighted by molar-refractivity contribution is 9.10. The summed E-state index contributed by atoms with van der Waals surface area (Å²) in [5.41, 5.74) is 0.633. The largest absolute Gasteiger partial charge is 0.471 e. The molecule has 0 saturated carbocycles. The number of carbonyl (C=O) groups excluding carboxylic acids is 1. The number of nitrogens with zero attached hydrogens (tertiary/aromatic N) is 4. The van der Waals surface area contributed by atoms with Crippen LogP contribution in [0, 0.1) is 23.3 Å². The molecule has 0 radical (unpaired) electrons. The van der Waals surface area contributed by atoms with Crippen molar-refractivity contribution in [3.05, 3.63) is 105 Å². The van der Waals surface area contributed by atoms with Crippen molar-refractivity contribution in [3.8, 4) is 17.1 Å². The minimum Gasteiger partial charge on any atom is -0.471 e. The zero-order chi connectivity index (χ0) is 31.0. The molecule has 0 unspecified atom stereocenters. The fourth-order valence-electron chi connectivity index (χ4n) is 4.84. The molecular weight excluding hydrogens is 648 g/mol. The normalized spacial score (nSPS) is 14.5. The van der Waals surface area contributed by atoms with Gasteiger partial charge in [0, 0.05) is 30.4 Å². The van der Waals surface area contributed by atoms with Crippen LogP contribution in [0.15, 0.2) is 59.3 Å². The summed E-state index contributed by atoms with van der Waals surface area (Å²) in [6.45, 7) is 0.802. The lowest BCUT2D eigenvalue weighted by atomic mass is 10.0. The SMILES string of the molecule is COC(=O)c1cc(F)c2nc(Cc3cc(F)c(-c4ccc(F)c(OCc5ccc(Br)nc5)n4)cc3F)n(C[C@@H]3CCO3)c2c1. The number of carbonyl (C=O) groups is 1. The van der Waals surface area contributed by atoms with Crippen molar-refractivity contribution in [2.75, 3.05) is 13.7 Å². The molecule has 0 spiro atoms. The van der Waals surface area contributed by atoms with E-state index in [-0.39, 0.29) is 65.3 Å². The van der Waals surface area contributed by atoms with Crippen LogP contribution >= 0.6 is 15.9 Å². The molecule has 1 atom stereocenters. The van der Waals surface area contributed by atoms with Crippen molar-refractivity contribution in [2.45, 2.75) is 32.1 Å². The molecule has 226 valence electrons. The lowest BCUT2D eigenvalue weighted by Gasteiger charge is -2.27. The van der Waals surface area contributed by atoms with Gasteiger partial charge in [0.25, 0.3) is 5.88 Å². The average molecular weight is 671 g/mol. The molecule has 1 aliphatic rings. The van der Waals surface area contributed by atoms with E-state index in [1.54, 1.807) is 22.9 Å². The van der Waals surface area contributed by atoms with Gasteiger partial charge in [-0.3, -0.25) is 0 Å². The van der Waals surface area contributed by atoms with E-state index in [9.17, 15) is 9.18 Å². The smallest absolute Gasteiger partial charge is 0.338 e. The van der Waals surface area contributed by atoms with Gasteiger partial charge in [-0.25, -0.2) is 37.3 Å². The number of esters is 1. The monoisotopic (exact) mass is 670 g/mol. The number of imidazole rings is 1. The molecule has 44 heavy (non-hydrogen) atoms. The van der Waals surface area contributed by atoms with Gasteiger partial charge >= 0.3 is 5.97 Å². The van der Waals surface area contributed by atoms with Gasteiger partial charge in [0.05, 0.1) is 36.5 Å². The summed E-state index contributed by atoms with van der Waals surface area (Å²) in [6, 6.07) is 10.2. The second kappa shape index (κ2) is 12.3. The first-order valence-corrected chi connectivity index (χ1v) is 14.3. The number of pyridine rings is 2. The Balaban J connectivity index is 1.31. The molecule has 1 fully saturated rings. The third kappa shape index (κ3) is 6.02. The van der Waals surface area contributed by atoms with Crippen LogP contribution in [-0.4, -0.2) is 45.3 Å². The Hall–Kier alpha value is -4.36. The Morgan fingerprint density at radius 1 is 1.02 bits per heavy atom. The van der Waals surface area contributed by atoms with E-state index in [2.05, 4.69) is 30.9 Å². The highest BCUT2D eigenvalue weighted by atomic mass is 79.9. The zero-order valence-electron chi connectivity index (χ0n) is 23.1. The molecule has 1 saturated heterocycles. The summed E-state index contributed by atoms with van der Waals surface area (Å²) < 4.78 is 78.5. The topological polar surface area (TPSA) is 88.4 Å². The first kappa shape index (κ1) is 29.7. The molecule has 5 aromatic rings. The number of ether oxygens (including phenoxy) is 3. The Morgan fingerprint density at radius 2 is 1.84 bits per heavy atom. The molecule has 3 aromatic heterocycles. The van der Waals surface area contributed by atoms with Crippen molar-refractivity contribution >= 4 is 32.9 Å². The predicted octanol–water partition coefficient (Wildman–Crippen LogP) is 6.56. The van der Waals surface area contributed by atoms with Crippen molar-refractivity contribution in [3.63, 3.8) is 0 Å². The zero-order valence-corrected chi connectivity index (χ0v) is 24.7. The summed E-state index contributed by atoms with van der Waals surface area (Å²) in [7, 11) is 1.19. The van der Waals surface area contributed by atoms with E-state index in [0.29, 0.717) is 22.3 Å². The summed E-state index contributed by atoms with van der Waals surface area (Å²) in [6.07, 6.45) is 1.93. The molecule has 4 heterocycles. The number of fused-ring (bicyclic) bond motifs is 1. The minimum absolute atomic E-state index is 0.00930. The van der Waals surface area contributed by atoms with Gasteiger partial charge in [-0.1, -0.05) is 6.07 Å². The van der Waals surface area contributed by atoms with Gasteiger partial charge < -0.3 is 18.8 Å². The number of hydrogen-bond acceptors (Lipinski definition) is 7. The van der Waals surface area contributed by atoms with E-state index in [1.165, 1.54) is 19.2 Å². The molecule has 0 bridgehead atoms. The van der Waals surface area contributed by atoms with Crippen LogP contribution < -0.4 is 4.74 Å². The number of rotatable bonds is 9. The van der Waals surface area contributed by atoms with Gasteiger partial charge in [-0.05, 0) is 70.4 Å². The molecule has 2 aromatic carbocycles. The van der Waals surface area contributed by atoms with Gasteiger partial charge in [0.15, 0.2) is 11.6 Å². The molecule has 8 nitrogen and oxygen atoms in total. The van der Waals surface area contributed by atoms with Gasteiger partial charge in [0.1, 0.15) is 34.2 Å². The van der Waals surface area contributed by atoms with Crippen LogP contribution in [-0.2, 0) is 29.0 Å². The first-order valence-electron chi connectivity index (χ1n) is 13.5. The molecule has 13 heteroatoms. The number of aromatic nitrogens is 4. The van der Waals surface area contributed by atoms with Crippen LogP contribution in [0.25, 0.3) is 22.3 Å². The van der Waals surface area contributed by atoms with E-state index >= 15 is 13.2 Å². The van der Waals surface area contributed by atoms with Crippen molar-refractivity contribution in [1.29, 1.82) is 0 Å². The molecule has 6 rings (SSSR count). The summed E-state index contributed by atoms with van der Waals surface area (Å²) >= 11 is 3.23. The van der Waals surface area contributed by atoms with E-state index in [4.69, 9.17) is 14.2 Å². The van der Waals surface area contributed by atoms with E-state index in [0.717, 1.165) is 30.7 Å². The molecule has 0 amide bonds. The molecule has 0 aliphatic carbocycles. The van der Waals surface area contributed by atoms with Gasteiger partial charge in [0.2, 0.25) is 0 Å². The maximum atomic E-state index is 15.5. The Labute approximate surface area is 256 Å². The average Bonchev–Trinajstić information content (AvgIpc) is 3.33. The summed E-state index contributed by atoms with van der Waals surface area (Å²) in [4.78, 5) is 24.7. The number of hydrogen-bond donors (Lipinski definition) is 0. The number of methoxy groups -OCH3 is 1. The van der Waals surface area contributed by atoms with Crippen LogP contribution in [0.4, 0.5) is 17.6 Å².